The molecule has 0 unspecified atom stereocenters. The molecule has 0 aliphatic heterocycles. The minimum absolute atomic E-state index is 0.271. The molecule has 0 aromatic heterocycles. The van der Waals surface area contributed by atoms with Gasteiger partial charge in [-0.1, -0.05) is 13.3 Å². The number of rotatable bonds is 3. The van der Waals surface area contributed by atoms with Gasteiger partial charge in [0.25, 0.3) is 0 Å². The quantitative estimate of drug-likeness (QED) is 0.631. The molecule has 0 atom stereocenters. The van der Waals surface area contributed by atoms with Crippen LogP contribution in [0.2, 0.25) is 0 Å². The Balaban J connectivity index is 2.08. The Kier molecular flexibility index (Phi) is 2.72. The molecule has 0 heterocycles. The molecular weight excluding hydrogens is 126 g/mol. The Morgan fingerprint density at radius 1 is 1.60 bits per heavy atom. The molecule has 1 saturated carbocycles. The van der Waals surface area contributed by atoms with Crippen molar-refractivity contribution in [2.75, 3.05) is 6.54 Å². The third kappa shape index (κ3) is 1.72. The van der Waals surface area contributed by atoms with Gasteiger partial charge < -0.3 is 5.32 Å². The number of nitrogens with one attached hydrogen (secondary N) is 1. The molecule has 2 nitrogen and oxygen atoms in total. The first-order chi connectivity index (χ1) is 4.84. The van der Waals surface area contributed by atoms with Gasteiger partial charge in [-0.05, 0) is 19.3 Å². The highest BCUT2D eigenvalue weighted by atomic mass is 16.1. The molecule has 0 saturated heterocycles. The minimum Gasteiger partial charge on any atom is -0.356 e. The van der Waals surface area contributed by atoms with Gasteiger partial charge in [-0.2, -0.15) is 0 Å². The predicted octanol–water partition coefficient (Wildman–Crippen LogP) is 1.31. The van der Waals surface area contributed by atoms with E-state index in [1.807, 2.05) is 0 Å². The first kappa shape index (κ1) is 7.58. The molecule has 1 aliphatic carbocycles. The molecule has 1 N–H and O–H groups in total. The second kappa shape index (κ2) is 3.59. The molecule has 0 radical (unpaired) electrons. The van der Waals surface area contributed by atoms with E-state index in [-0.39, 0.29) is 5.91 Å². The number of carbonyl (C=O) groups is 1. The normalized spacial score (nSPS) is 18.1. The highest BCUT2D eigenvalue weighted by Gasteiger charge is 2.24. The summed E-state index contributed by atoms with van der Waals surface area (Å²) in [5, 5.41) is 2.90. The maximum Gasteiger partial charge on any atom is 0.223 e. The number of amides is 1. The van der Waals surface area contributed by atoms with E-state index < -0.39 is 0 Å². The Morgan fingerprint density at radius 3 is 2.70 bits per heavy atom. The lowest BCUT2D eigenvalue weighted by atomic mass is 9.85. The minimum atomic E-state index is 0.271. The lowest BCUT2D eigenvalue weighted by molar-refractivity contribution is -0.127. The summed E-state index contributed by atoms with van der Waals surface area (Å²) in [4.78, 5) is 11.1. The van der Waals surface area contributed by atoms with Gasteiger partial charge in [0, 0.05) is 12.5 Å². The molecule has 0 bridgehead atoms. The topological polar surface area (TPSA) is 29.1 Å². The van der Waals surface area contributed by atoms with Crippen LogP contribution in [0.15, 0.2) is 0 Å². The summed E-state index contributed by atoms with van der Waals surface area (Å²) >= 11 is 0. The smallest absolute Gasteiger partial charge is 0.223 e. The Labute approximate surface area is 62.0 Å². The standard InChI is InChI=1S/C8H15NO/c1-2-6-9-8(10)7-4-3-5-7/h7H,2-6H2,1H3,(H,9,10). The summed E-state index contributed by atoms with van der Waals surface area (Å²) in [5.41, 5.74) is 0. The Hall–Kier alpha value is -0.530. The van der Waals surface area contributed by atoms with Crippen LogP contribution in [0.4, 0.5) is 0 Å². The maximum atomic E-state index is 11.1. The van der Waals surface area contributed by atoms with E-state index in [0.29, 0.717) is 5.92 Å². The summed E-state index contributed by atoms with van der Waals surface area (Å²) in [6.45, 7) is 2.91. The van der Waals surface area contributed by atoms with Crippen molar-refractivity contribution in [3.05, 3.63) is 0 Å². The number of carbonyl (C=O) groups excluding carboxylic acids is 1. The van der Waals surface area contributed by atoms with Crippen molar-refractivity contribution in [3.63, 3.8) is 0 Å². The van der Waals surface area contributed by atoms with Crippen molar-refractivity contribution >= 4 is 5.91 Å². The lowest BCUT2D eigenvalue weighted by Crippen LogP contribution is -2.34. The molecule has 58 valence electrons. The van der Waals surface area contributed by atoms with Crippen LogP contribution in [-0.4, -0.2) is 12.5 Å². The average molecular weight is 141 g/mol. The van der Waals surface area contributed by atoms with E-state index >= 15 is 0 Å². The fraction of sp³-hybridized carbons (Fsp3) is 0.875. The summed E-state index contributed by atoms with van der Waals surface area (Å²) in [6.07, 6.45) is 4.49. The molecular formula is C8H15NO. The van der Waals surface area contributed by atoms with Crippen LogP contribution in [0.5, 0.6) is 0 Å². The van der Waals surface area contributed by atoms with E-state index in [0.717, 1.165) is 25.8 Å². The second-order valence-corrected chi connectivity index (χ2v) is 2.92. The SMILES string of the molecule is CCCNC(=O)C1CCC1. The van der Waals surface area contributed by atoms with Crippen LogP contribution in [-0.2, 0) is 4.79 Å². The average Bonchev–Trinajstić information content (AvgIpc) is 1.79. The third-order valence-corrected chi connectivity index (χ3v) is 2.03. The van der Waals surface area contributed by atoms with Gasteiger partial charge in [-0.3, -0.25) is 4.79 Å². The van der Waals surface area contributed by atoms with Crippen LogP contribution in [0.1, 0.15) is 32.6 Å². The van der Waals surface area contributed by atoms with Gasteiger partial charge in [0.2, 0.25) is 5.91 Å². The highest BCUT2D eigenvalue weighted by molar-refractivity contribution is 5.79. The van der Waals surface area contributed by atoms with Gasteiger partial charge in [0.1, 0.15) is 0 Å². The van der Waals surface area contributed by atoms with Gasteiger partial charge in [-0.25, -0.2) is 0 Å². The fourth-order valence-corrected chi connectivity index (χ4v) is 1.06. The van der Waals surface area contributed by atoms with E-state index in [1.165, 1.54) is 6.42 Å². The number of hydrogen-bond donors (Lipinski definition) is 1. The van der Waals surface area contributed by atoms with Crippen LogP contribution in [0.3, 0.4) is 0 Å². The van der Waals surface area contributed by atoms with Crippen LogP contribution in [0.25, 0.3) is 0 Å². The lowest BCUT2D eigenvalue weighted by Gasteiger charge is -2.23. The first-order valence-electron chi connectivity index (χ1n) is 4.12. The van der Waals surface area contributed by atoms with Gasteiger partial charge in [-0.15, -0.1) is 0 Å². The zero-order valence-corrected chi connectivity index (χ0v) is 6.52. The molecule has 1 rings (SSSR count). The van der Waals surface area contributed by atoms with Gasteiger partial charge in [0.15, 0.2) is 0 Å². The Bertz CT molecular complexity index is 118. The van der Waals surface area contributed by atoms with Crippen LogP contribution < -0.4 is 5.32 Å². The van der Waals surface area contributed by atoms with Crippen LogP contribution >= 0.6 is 0 Å². The van der Waals surface area contributed by atoms with Crippen LogP contribution in [0, 0.1) is 5.92 Å². The largest absolute Gasteiger partial charge is 0.356 e. The highest BCUT2D eigenvalue weighted by Crippen LogP contribution is 2.25. The number of hydrogen-bond acceptors (Lipinski definition) is 1. The molecule has 0 aromatic carbocycles. The van der Waals surface area contributed by atoms with Gasteiger partial charge >= 0.3 is 0 Å². The van der Waals surface area contributed by atoms with Crippen molar-refractivity contribution < 1.29 is 4.79 Å². The molecule has 2 heteroatoms. The van der Waals surface area contributed by atoms with Crippen molar-refractivity contribution in [2.24, 2.45) is 5.92 Å². The van der Waals surface area contributed by atoms with Crippen molar-refractivity contribution in [3.8, 4) is 0 Å². The molecule has 0 spiro atoms. The summed E-state index contributed by atoms with van der Waals surface area (Å²) < 4.78 is 0. The molecule has 1 fully saturated rings. The molecule has 1 aliphatic rings. The maximum absolute atomic E-state index is 11.1. The molecule has 0 aromatic rings. The van der Waals surface area contributed by atoms with E-state index in [1.54, 1.807) is 0 Å². The summed E-state index contributed by atoms with van der Waals surface area (Å²) in [6, 6.07) is 0. The van der Waals surface area contributed by atoms with Crippen molar-refractivity contribution in [1.82, 2.24) is 5.32 Å². The zero-order chi connectivity index (χ0) is 7.40. The fourth-order valence-electron chi connectivity index (χ4n) is 1.06. The molecule has 1 amide bonds. The predicted molar refractivity (Wildman–Crippen MR) is 40.6 cm³/mol. The van der Waals surface area contributed by atoms with Crippen molar-refractivity contribution in [2.45, 2.75) is 32.6 Å². The first-order valence-corrected chi connectivity index (χ1v) is 4.12. The summed E-state index contributed by atoms with van der Waals surface area (Å²) in [5.74, 6) is 0.625. The van der Waals surface area contributed by atoms with E-state index in [4.69, 9.17) is 0 Å². The second-order valence-electron chi connectivity index (χ2n) is 2.92. The summed E-state index contributed by atoms with van der Waals surface area (Å²) in [7, 11) is 0. The monoisotopic (exact) mass is 141 g/mol. The third-order valence-electron chi connectivity index (χ3n) is 2.03. The molecule has 10 heavy (non-hydrogen) atoms. The van der Waals surface area contributed by atoms with Crippen molar-refractivity contribution in [1.29, 1.82) is 0 Å². The van der Waals surface area contributed by atoms with Gasteiger partial charge in [0.05, 0.1) is 0 Å². The zero-order valence-electron chi connectivity index (χ0n) is 6.52. The van der Waals surface area contributed by atoms with E-state index in [9.17, 15) is 4.79 Å². The van der Waals surface area contributed by atoms with E-state index in [2.05, 4.69) is 12.2 Å². The Morgan fingerprint density at radius 2 is 2.30 bits per heavy atom.